The number of hydrogen-bond acceptors (Lipinski definition) is 4. The number of nitrogens with one attached hydrogen (secondary N) is 1. The summed E-state index contributed by atoms with van der Waals surface area (Å²) in [5.41, 5.74) is 3.30. The monoisotopic (exact) mass is 371 g/mol. The quantitative estimate of drug-likeness (QED) is 0.624. The Labute approximate surface area is 161 Å². The topological polar surface area (TPSA) is 78.8 Å². The molecule has 0 aliphatic rings. The maximum atomic E-state index is 10.6. The molecule has 0 saturated carbocycles. The van der Waals surface area contributed by atoms with E-state index in [2.05, 4.69) is 38.2 Å². The molecule has 146 valence electrons. The number of aliphatic hydroxyl groups excluding tert-OH is 1. The number of benzene rings is 2. The van der Waals surface area contributed by atoms with E-state index in [4.69, 9.17) is 9.84 Å². The normalized spacial score (nSPS) is 12.4. The van der Waals surface area contributed by atoms with Gasteiger partial charge in [-0.25, -0.2) is 0 Å². The molecule has 0 fully saturated rings. The first-order valence-electron chi connectivity index (χ1n) is 9.20. The average Bonchev–Trinajstić information content (AvgIpc) is 2.63. The molecule has 0 spiro atoms. The lowest BCUT2D eigenvalue weighted by atomic mass is 9.87. The molecule has 27 heavy (non-hydrogen) atoms. The number of rotatable bonds is 9. The number of hydrogen-bond donors (Lipinski definition) is 3. The summed E-state index contributed by atoms with van der Waals surface area (Å²) in [5, 5.41) is 22.0. The second-order valence-electron chi connectivity index (χ2n) is 7.71. The Morgan fingerprint density at radius 1 is 1.07 bits per heavy atom. The minimum absolute atomic E-state index is 0.112. The third-order valence-corrected chi connectivity index (χ3v) is 4.29. The Kier molecular flexibility index (Phi) is 7.25. The molecule has 0 amide bonds. The molecule has 2 aromatic rings. The number of ether oxygens (including phenoxy) is 1. The lowest BCUT2D eigenvalue weighted by Gasteiger charge is -2.19. The van der Waals surface area contributed by atoms with Crippen LogP contribution in [0.5, 0.6) is 5.75 Å². The zero-order valence-corrected chi connectivity index (χ0v) is 16.2. The molecule has 1 unspecified atom stereocenters. The standard InChI is InChI=1S/C22H29NO4/c1-22(2,3)17-7-9-18(10-8-17)23-14-19(24)15-27-20-11-4-16(5-12-20)6-13-21(25)26/h4-5,7-12,19,23-24H,6,13-15H2,1-3H3,(H,25,26). The van der Waals surface area contributed by atoms with Gasteiger partial charge in [-0.1, -0.05) is 45.0 Å². The number of carboxylic acid groups (broad SMARTS) is 1. The van der Waals surface area contributed by atoms with Crippen molar-refractivity contribution >= 4 is 11.7 Å². The number of aryl methyl sites for hydroxylation is 1. The number of anilines is 1. The summed E-state index contributed by atoms with van der Waals surface area (Å²) in [7, 11) is 0. The van der Waals surface area contributed by atoms with Crippen LogP contribution in [0.15, 0.2) is 48.5 Å². The molecule has 5 heteroatoms. The molecule has 2 rings (SSSR count). The number of carboxylic acids is 1. The van der Waals surface area contributed by atoms with Crippen molar-refractivity contribution in [3.05, 3.63) is 59.7 Å². The van der Waals surface area contributed by atoms with Crippen LogP contribution < -0.4 is 10.1 Å². The van der Waals surface area contributed by atoms with Gasteiger partial charge in [-0.2, -0.15) is 0 Å². The fraction of sp³-hybridized carbons (Fsp3) is 0.409. The van der Waals surface area contributed by atoms with E-state index in [9.17, 15) is 9.90 Å². The molecule has 0 bridgehead atoms. The Morgan fingerprint density at radius 3 is 2.26 bits per heavy atom. The second kappa shape index (κ2) is 9.42. The third kappa shape index (κ3) is 7.31. The Hall–Kier alpha value is -2.53. The van der Waals surface area contributed by atoms with Gasteiger partial charge in [-0.15, -0.1) is 0 Å². The van der Waals surface area contributed by atoms with Crippen molar-refractivity contribution < 1.29 is 19.7 Å². The van der Waals surface area contributed by atoms with E-state index in [0.29, 0.717) is 18.7 Å². The van der Waals surface area contributed by atoms with Gasteiger partial charge in [-0.05, 0) is 47.2 Å². The summed E-state index contributed by atoms with van der Waals surface area (Å²) >= 11 is 0. The smallest absolute Gasteiger partial charge is 0.303 e. The first-order valence-corrected chi connectivity index (χ1v) is 9.20. The number of aliphatic hydroxyl groups is 1. The van der Waals surface area contributed by atoms with Gasteiger partial charge < -0.3 is 20.3 Å². The molecule has 2 aromatic carbocycles. The molecule has 0 aromatic heterocycles. The van der Waals surface area contributed by atoms with Gasteiger partial charge in [0.2, 0.25) is 0 Å². The van der Waals surface area contributed by atoms with Crippen LogP contribution in [-0.2, 0) is 16.6 Å². The number of carbonyl (C=O) groups is 1. The summed E-state index contributed by atoms with van der Waals surface area (Å²) in [6.07, 6.45) is -0.0312. The van der Waals surface area contributed by atoms with Gasteiger partial charge in [0.05, 0.1) is 0 Å². The van der Waals surface area contributed by atoms with Crippen LogP contribution >= 0.6 is 0 Å². The predicted molar refractivity (Wildman–Crippen MR) is 108 cm³/mol. The molecule has 0 heterocycles. The Morgan fingerprint density at radius 2 is 1.70 bits per heavy atom. The largest absolute Gasteiger partial charge is 0.491 e. The molecule has 0 aliphatic heterocycles. The van der Waals surface area contributed by atoms with Crippen LogP contribution in [0.2, 0.25) is 0 Å². The van der Waals surface area contributed by atoms with E-state index in [1.807, 2.05) is 24.3 Å². The molecule has 0 aliphatic carbocycles. The van der Waals surface area contributed by atoms with E-state index in [-0.39, 0.29) is 18.4 Å². The minimum Gasteiger partial charge on any atom is -0.491 e. The molecule has 5 nitrogen and oxygen atoms in total. The lowest BCUT2D eigenvalue weighted by molar-refractivity contribution is -0.136. The summed E-state index contributed by atoms with van der Waals surface area (Å²) in [4.78, 5) is 10.6. The fourth-order valence-corrected chi connectivity index (χ4v) is 2.58. The lowest BCUT2D eigenvalue weighted by Crippen LogP contribution is -2.26. The summed E-state index contributed by atoms with van der Waals surface area (Å²) < 4.78 is 5.59. The van der Waals surface area contributed by atoms with Gasteiger partial charge in [0.25, 0.3) is 0 Å². The van der Waals surface area contributed by atoms with Crippen molar-refractivity contribution in [3.8, 4) is 5.75 Å². The molecule has 0 radical (unpaired) electrons. The minimum atomic E-state index is -0.806. The van der Waals surface area contributed by atoms with Gasteiger partial charge in [0.1, 0.15) is 18.5 Å². The Bertz CT molecular complexity index is 717. The van der Waals surface area contributed by atoms with Crippen LogP contribution in [0.4, 0.5) is 5.69 Å². The van der Waals surface area contributed by atoms with Gasteiger partial charge in [-0.3, -0.25) is 4.79 Å². The van der Waals surface area contributed by atoms with Gasteiger partial charge >= 0.3 is 5.97 Å². The first-order chi connectivity index (χ1) is 12.7. The average molecular weight is 371 g/mol. The molecule has 3 N–H and O–H groups in total. The van der Waals surface area contributed by atoms with Crippen molar-refractivity contribution in [3.63, 3.8) is 0 Å². The highest BCUT2D eigenvalue weighted by Crippen LogP contribution is 2.23. The van der Waals surface area contributed by atoms with E-state index in [1.54, 1.807) is 12.1 Å². The maximum absolute atomic E-state index is 10.6. The van der Waals surface area contributed by atoms with Crippen LogP contribution in [0.3, 0.4) is 0 Å². The maximum Gasteiger partial charge on any atom is 0.303 e. The van der Waals surface area contributed by atoms with Crippen molar-refractivity contribution in [2.45, 2.75) is 45.1 Å². The molecule has 0 saturated heterocycles. The van der Waals surface area contributed by atoms with E-state index in [0.717, 1.165) is 11.3 Å². The van der Waals surface area contributed by atoms with Crippen molar-refractivity contribution in [1.82, 2.24) is 0 Å². The second-order valence-corrected chi connectivity index (χ2v) is 7.71. The van der Waals surface area contributed by atoms with Crippen molar-refractivity contribution in [2.75, 3.05) is 18.5 Å². The van der Waals surface area contributed by atoms with E-state index in [1.165, 1.54) is 5.56 Å². The van der Waals surface area contributed by atoms with Crippen LogP contribution in [0, 0.1) is 0 Å². The van der Waals surface area contributed by atoms with Crippen molar-refractivity contribution in [2.24, 2.45) is 0 Å². The summed E-state index contributed by atoms with van der Waals surface area (Å²) in [6, 6.07) is 15.5. The highest BCUT2D eigenvalue weighted by molar-refractivity contribution is 5.67. The molecular formula is C22H29NO4. The first kappa shape index (κ1) is 20.8. The highest BCUT2D eigenvalue weighted by Gasteiger charge is 2.13. The number of aliphatic carboxylic acids is 1. The zero-order valence-electron chi connectivity index (χ0n) is 16.2. The van der Waals surface area contributed by atoms with E-state index >= 15 is 0 Å². The predicted octanol–water partition coefficient (Wildman–Crippen LogP) is 3.85. The Balaban J connectivity index is 1.74. The fourth-order valence-electron chi connectivity index (χ4n) is 2.58. The van der Waals surface area contributed by atoms with Gasteiger partial charge in [0.15, 0.2) is 0 Å². The molecular weight excluding hydrogens is 342 g/mol. The van der Waals surface area contributed by atoms with Crippen LogP contribution in [0.25, 0.3) is 0 Å². The van der Waals surface area contributed by atoms with E-state index < -0.39 is 12.1 Å². The SMILES string of the molecule is CC(C)(C)c1ccc(NCC(O)COc2ccc(CCC(=O)O)cc2)cc1. The zero-order chi connectivity index (χ0) is 19.9. The molecule has 1 atom stereocenters. The van der Waals surface area contributed by atoms with Gasteiger partial charge in [0, 0.05) is 18.7 Å². The van der Waals surface area contributed by atoms with Crippen LogP contribution in [-0.4, -0.2) is 35.4 Å². The highest BCUT2D eigenvalue weighted by atomic mass is 16.5. The summed E-state index contributed by atoms with van der Waals surface area (Å²) in [5.74, 6) is -0.151. The third-order valence-electron chi connectivity index (χ3n) is 4.29. The van der Waals surface area contributed by atoms with Crippen LogP contribution in [0.1, 0.15) is 38.3 Å². The van der Waals surface area contributed by atoms with Crippen molar-refractivity contribution in [1.29, 1.82) is 0 Å². The summed E-state index contributed by atoms with van der Waals surface area (Å²) in [6.45, 7) is 7.10.